The number of hydrogen-bond donors (Lipinski definition) is 2. The van der Waals surface area contributed by atoms with Gasteiger partial charge in [0, 0.05) is 30.3 Å². The van der Waals surface area contributed by atoms with E-state index in [-0.39, 0.29) is 22.8 Å². The highest BCUT2D eigenvalue weighted by Crippen LogP contribution is 2.16. The minimum absolute atomic E-state index is 0.0283. The summed E-state index contributed by atoms with van der Waals surface area (Å²) in [6, 6.07) is 16.6. The van der Waals surface area contributed by atoms with Gasteiger partial charge in [0.25, 0.3) is 5.56 Å². The highest BCUT2D eigenvalue weighted by atomic mass is 32.2. The second-order valence-electron chi connectivity index (χ2n) is 6.87. The lowest BCUT2D eigenvalue weighted by Gasteiger charge is -2.08. The average Bonchev–Trinajstić information content (AvgIpc) is 2.70. The molecule has 3 N–H and O–H groups in total. The van der Waals surface area contributed by atoms with Gasteiger partial charge in [-0.05, 0) is 43.7 Å². The van der Waals surface area contributed by atoms with Crippen LogP contribution in [0, 0.1) is 6.92 Å². The number of aromatic nitrogens is 2. The summed E-state index contributed by atoms with van der Waals surface area (Å²) in [6.07, 6.45) is 0.602. The Morgan fingerprint density at radius 1 is 1.03 bits per heavy atom. The van der Waals surface area contributed by atoms with Crippen LogP contribution in [-0.4, -0.2) is 24.1 Å². The number of carbonyl (C=O) groups is 1. The first-order chi connectivity index (χ1) is 14.2. The number of nitrogens with two attached hydrogens (primary N) is 1. The number of carbonyl (C=O) groups excluding carboxylic acids is 1. The predicted octanol–water partition coefficient (Wildman–Crippen LogP) is 2.29. The van der Waals surface area contributed by atoms with Crippen molar-refractivity contribution < 1.29 is 13.2 Å². The highest BCUT2D eigenvalue weighted by Gasteiger charge is 2.09. The van der Waals surface area contributed by atoms with Crippen molar-refractivity contribution in [1.82, 2.24) is 9.78 Å². The summed E-state index contributed by atoms with van der Waals surface area (Å²) in [7, 11) is -3.77. The van der Waals surface area contributed by atoms with Crippen LogP contribution in [0.2, 0.25) is 0 Å². The highest BCUT2D eigenvalue weighted by molar-refractivity contribution is 7.89. The van der Waals surface area contributed by atoms with Gasteiger partial charge in [-0.3, -0.25) is 9.59 Å². The lowest BCUT2D eigenvalue weighted by Crippen LogP contribution is -2.23. The Labute approximate surface area is 174 Å². The van der Waals surface area contributed by atoms with Gasteiger partial charge in [-0.2, -0.15) is 5.10 Å². The molecule has 0 radical (unpaired) electrons. The molecule has 0 atom stereocenters. The van der Waals surface area contributed by atoms with Crippen molar-refractivity contribution in [2.45, 2.75) is 31.2 Å². The molecule has 3 rings (SSSR count). The van der Waals surface area contributed by atoms with Crippen molar-refractivity contribution in [3.63, 3.8) is 0 Å². The number of primary sulfonamides is 1. The van der Waals surface area contributed by atoms with E-state index in [2.05, 4.69) is 10.4 Å². The molecule has 0 unspecified atom stereocenters. The van der Waals surface area contributed by atoms with E-state index in [1.807, 2.05) is 31.2 Å². The zero-order chi connectivity index (χ0) is 21.7. The van der Waals surface area contributed by atoms with Crippen molar-refractivity contribution in [2.24, 2.45) is 5.14 Å². The van der Waals surface area contributed by atoms with Crippen molar-refractivity contribution in [2.75, 3.05) is 5.32 Å². The van der Waals surface area contributed by atoms with Gasteiger partial charge >= 0.3 is 0 Å². The fourth-order valence-electron chi connectivity index (χ4n) is 2.83. The molecule has 9 heteroatoms. The molecule has 3 aromatic rings. The zero-order valence-corrected chi connectivity index (χ0v) is 17.2. The molecule has 156 valence electrons. The van der Waals surface area contributed by atoms with E-state index in [0.29, 0.717) is 24.3 Å². The number of rotatable bonds is 7. The lowest BCUT2D eigenvalue weighted by atomic mass is 10.1. The molecule has 0 aliphatic carbocycles. The van der Waals surface area contributed by atoms with Crippen LogP contribution in [0.15, 0.2) is 70.4 Å². The van der Waals surface area contributed by atoms with Crippen molar-refractivity contribution in [3.05, 3.63) is 76.6 Å². The number of amides is 1. The maximum atomic E-state index is 12.1. The fraction of sp³-hybridized carbons (Fsp3) is 0.190. The van der Waals surface area contributed by atoms with E-state index >= 15 is 0 Å². The molecule has 0 saturated heterocycles. The molecule has 0 bridgehead atoms. The van der Waals surface area contributed by atoms with Gasteiger partial charge in [0.15, 0.2) is 0 Å². The molecule has 0 saturated carbocycles. The molecular formula is C21H22N4O4S. The van der Waals surface area contributed by atoms with Gasteiger partial charge < -0.3 is 5.32 Å². The third kappa shape index (κ3) is 5.62. The number of anilines is 1. The third-order valence-corrected chi connectivity index (χ3v) is 5.38. The second kappa shape index (κ2) is 9.02. The molecule has 1 aromatic heterocycles. The normalized spacial score (nSPS) is 11.3. The standard InChI is InChI=1S/C21H22N4O4S/c1-15-4-6-16(7-5-15)19-12-13-21(27)25(24-19)14-2-3-20(26)23-17-8-10-18(11-9-17)30(22,28)29/h4-13H,2-3,14H2,1H3,(H,23,26)(H2,22,28,29). The van der Waals surface area contributed by atoms with Crippen LogP contribution in [-0.2, 0) is 21.4 Å². The maximum absolute atomic E-state index is 12.1. The van der Waals surface area contributed by atoms with Crippen LogP contribution in [0.4, 0.5) is 5.69 Å². The molecule has 8 nitrogen and oxygen atoms in total. The fourth-order valence-corrected chi connectivity index (χ4v) is 3.34. The van der Waals surface area contributed by atoms with Crippen LogP contribution < -0.4 is 16.0 Å². The van der Waals surface area contributed by atoms with Gasteiger partial charge in [-0.1, -0.05) is 29.8 Å². The number of hydrogen-bond acceptors (Lipinski definition) is 5. The van der Waals surface area contributed by atoms with Gasteiger partial charge in [0.1, 0.15) is 0 Å². The van der Waals surface area contributed by atoms with E-state index in [1.165, 1.54) is 35.0 Å². The Morgan fingerprint density at radius 3 is 2.33 bits per heavy atom. The Bertz CT molecular complexity index is 1200. The summed E-state index contributed by atoms with van der Waals surface area (Å²) < 4.78 is 23.9. The third-order valence-electron chi connectivity index (χ3n) is 4.45. The monoisotopic (exact) mass is 426 g/mol. The molecule has 0 aliphatic heterocycles. The average molecular weight is 426 g/mol. The smallest absolute Gasteiger partial charge is 0.266 e. The molecule has 0 spiro atoms. The van der Waals surface area contributed by atoms with Gasteiger partial charge in [-0.15, -0.1) is 0 Å². The molecule has 0 fully saturated rings. The largest absolute Gasteiger partial charge is 0.326 e. The topological polar surface area (TPSA) is 124 Å². The Kier molecular flexibility index (Phi) is 6.43. The van der Waals surface area contributed by atoms with Gasteiger partial charge in [0.2, 0.25) is 15.9 Å². The number of sulfonamides is 1. The van der Waals surface area contributed by atoms with Gasteiger partial charge in [0.05, 0.1) is 10.6 Å². The van der Waals surface area contributed by atoms with Crippen LogP contribution >= 0.6 is 0 Å². The molecule has 1 amide bonds. The molecule has 0 aliphatic rings. The van der Waals surface area contributed by atoms with Gasteiger partial charge in [-0.25, -0.2) is 18.2 Å². The summed E-state index contributed by atoms with van der Waals surface area (Å²) in [6.45, 7) is 2.30. The number of nitrogens with zero attached hydrogens (tertiary/aromatic N) is 2. The van der Waals surface area contributed by atoms with Crippen molar-refractivity contribution in [3.8, 4) is 11.3 Å². The summed E-state index contributed by atoms with van der Waals surface area (Å²) in [4.78, 5) is 24.2. The van der Waals surface area contributed by atoms with E-state index in [4.69, 9.17) is 5.14 Å². The Morgan fingerprint density at radius 2 is 1.70 bits per heavy atom. The summed E-state index contributed by atoms with van der Waals surface area (Å²) in [5, 5.41) is 12.1. The predicted molar refractivity (Wildman–Crippen MR) is 114 cm³/mol. The lowest BCUT2D eigenvalue weighted by molar-refractivity contribution is -0.116. The number of benzene rings is 2. The van der Waals surface area contributed by atoms with Crippen molar-refractivity contribution in [1.29, 1.82) is 0 Å². The summed E-state index contributed by atoms with van der Waals surface area (Å²) in [5.74, 6) is -0.249. The minimum Gasteiger partial charge on any atom is -0.326 e. The first kappa shape index (κ1) is 21.4. The van der Waals surface area contributed by atoms with E-state index < -0.39 is 10.0 Å². The maximum Gasteiger partial charge on any atom is 0.266 e. The SMILES string of the molecule is Cc1ccc(-c2ccc(=O)n(CCCC(=O)Nc3ccc(S(N)(=O)=O)cc3)n2)cc1. The molecule has 30 heavy (non-hydrogen) atoms. The Balaban J connectivity index is 1.58. The molecular weight excluding hydrogens is 404 g/mol. The van der Waals surface area contributed by atoms with Crippen LogP contribution in [0.5, 0.6) is 0 Å². The molecule has 1 heterocycles. The van der Waals surface area contributed by atoms with E-state index in [1.54, 1.807) is 6.07 Å². The van der Waals surface area contributed by atoms with Crippen LogP contribution in [0.3, 0.4) is 0 Å². The first-order valence-electron chi connectivity index (χ1n) is 9.30. The quantitative estimate of drug-likeness (QED) is 0.600. The van der Waals surface area contributed by atoms with Crippen LogP contribution in [0.1, 0.15) is 18.4 Å². The molecule has 2 aromatic carbocycles. The summed E-state index contributed by atoms with van der Waals surface area (Å²) >= 11 is 0. The van der Waals surface area contributed by atoms with E-state index in [9.17, 15) is 18.0 Å². The Hall–Kier alpha value is -3.30. The zero-order valence-electron chi connectivity index (χ0n) is 16.4. The second-order valence-corrected chi connectivity index (χ2v) is 8.43. The van der Waals surface area contributed by atoms with E-state index in [0.717, 1.165) is 11.1 Å². The first-order valence-corrected chi connectivity index (χ1v) is 10.8. The van der Waals surface area contributed by atoms with Crippen LogP contribution in [0.25, 0.3) is 11.3 Å². The summed E-state index contributed by atoms with van der Waals surface area (Å²) in [5.41, 5.74) is 2.97. The minimum atomic E-state index is -3.77. The number of nitrogens with one attached hydrogen (secondary N) is 1. The van der Waals surface area contributed by atoms with Crippen molar-refractivity contribution >= 4 is 21.6 Å². The number of aryl methyl sites for hydroxylation is 2.